The molecule has 0 aliphatic carbocycles. The standard InChI is InChI=1S/C18H12Cl2F3N7O/c1-7(17-28-6-30(29-17)18(22)23)31-10-4-25-14(15-11(10)16(24)27-5-26-15)8-2-3-9(19)12(20)13(8)21/h2-7,18H,1H3,(H2,24,26,27)/t7-/m0/s1. The van der Waals surface area contributed by atoms with Crippen LogP contribution in [0, 0.1) is 5.82 Å². The van der Waals surface area contributed by atoms with E-state index in [1.807, 2.05) is 0 Å². The van der Waals surface area contributed by atoms with Gasteiger partial charge in [0.15, 0.2) is 23.5 Å². The Labute approximate surface area is 182 Å². The number of nitrogens with two attached hydrogens (primary N) is 1. The van der Waals surface area contributed by atoms with E-state index in [1.54, 1.807) is 6.92 Å². The summed E-state index contributed by atoms with van der Waals surface area (Å²) in [6, 6.07) is 2.84. The monoisotopic (exact) mass is 469 g/mol. The summed E-state index contributed by atoms with van der Waals surface area (Å²) in [5, 5.41) is 3.71. The quantitative estimate of drug-likeness (QED) is 0.416. The molecule has 0 aliphatic rings. The van der Waals surface area contributed by atoms with Crippen molar-refractivity contribution in [2.45, 2.75) is 19.6 Å². The van der Waals surface area contributed by atoms with Gasteiger partial charge in [-0.25, -0.2) is 24.3 Å². The van der Waals surface area contributed by atoms with Crippen LogP contribution in [-0.2, 0) is 0 Å². The highest BCUT2D eigenvalue weighted by molar-refractivity contribution is 6.42. The topological polar surface area (TPSA) is 105 Å². The number of halogens is 5. The average Bonchev–Trinajstić information content (AvgIpc) is 3.24. The summed E-state index contributed by atoms with van der Waals surface area (Å²) in [5.74, 6) is -0.576. The smallest absolute Gasteiger partial charge is 0.334 e. The van der Waals surface area contributed by atoms with E-state index < -0.39 is 18.5 Å². The summed E-state index contributed by atoms with van der Waals surface area (Å²) in [4.78, 5) is 16.2. The molecule has 4 aromatic rings. The number of hydrogen-bond donors (Lipinski definition) is 1. The van der Waals surface area contributed by atoms with Gasteiger partial charge in [0, 0.05) is 5.56 Å². The highest BCUT2D eigenvalue weighted by Crippen LogP contribution is 2.38. The van der Waals surface area contributed by atoms with Crippen LogP contribution in [0.3, 0.4) is 0 Å². The molecule has 0 spiro atoms. The third-order valence-corrected chi connectivity index (χ3v) is 5.12. The van der Waals surface area contributed by atoms with E-state index in [4.69, 9.17) is 33.7 Å². The Morgan fingerprint density at radius 1 is 1.13 bits per heavy atom. The molecule has 0 aliphatic heterocycles. The SMILES string of the molecule is C[C@H](Oc1cnc(-c2ccc(Cl)c(Cl)c2F)c2ncnc(N)c12)c1ncn(C(F)F)n1. The Morgan fingerprint density at radius 2 is 1.90 bits per heavy atom. The molecule has 0 unspecified atom stereocenters. The van der Waals surface area contributed by atoms with Crippen LogP contribution in [0.4, 0.5) is 19.0 Å². The van der Waals surface area contributed by atoms with Gasteiger partial charge in [0.2, 0.25) is 0 Å². The van der Waals surface area contributed by atoms with Crippen molar-refractivity contribution in [3.05, 3.63) is 52.7 Å². The molecule has 0 amide bonds. The number of alkyl halides is 2. The van der Waals surface area contributed by atoms with Crippen molar-refractivity contribution < 1.29 is 17.9 Å². The molecule has 3 aromatic heterocycles. The zero-order valence-corrected chi connectivity index (χ0v) is 17.1. The van der Waals surface area contributed by atoms with Gasteiger partial charge in [-0.3, -0.25) is 0 Å². The molecule has 4 rings (SSSR count). The molecule has 31 heavy (non-hydrogen) atoms. The second kappa shape index (κ2) is 8.16. The van der Waals surface area contributed by atoms with E-state index in [2.05, 4.69) is 25.0 Å². The maximum atomic E-state index is 14.7. The zero-order valence-electron chi connectivity index (χ0n) is 15.6. The molecule has 2 N–H and O–H groups in total. The van der Waals surface area contributed by atoms with E-state index in [1.165, 1.54) is 24.7 Å². The molecule has 0 fully saturated rings. The molecular weight excluding hydrogens is 458 g/mol. The third-order valence-electron chi connectivity index (χ3n) is 4.34. The molecule has 0 radical (unpaired) electrons. The predicted molar refractivity (Wildman–Crippen MR) is 107 cm³/mol. The van der Waals surface area contributed by atoms with Gasteiger partial charge in [-0.15, -0.1) is 5.10 Å². The highest BCUT2D eigenvalue weighted by Gasteiger charge is 2.22. The first kappa shape index (κ1) is 21.1. The van der Waals surface area contributed by atoms with Gasteiger partial charge >= 0.3 is 6.55 Å². The minimum absolute atomic E-state index is 0.0171. The molecule has 1 aromatic carbocycles. The summed E-state index contributed by atoms with van der Waals surface area (Å²) in [7, 11) is 0. The molecule has 160 valence electrons. The lowest BCUT2D eigenvalue weighted by Gasteiger charge is -2.16. The first-order valence-electron chi connectivity index (χ1n) is 8.66. The molecular formula is C18H12Cl2F3N7O. The second-order valence-electron chi connectivity index (χ2n) is 6.30. The number of nitrogens with zero attached hydrogens (tertiary/aromatic N) is 6. The van der Waals surface area contributed by atoms with Crippen molar-refractivity contribution in [1.82, 2.24) is 29.7 Å². The Kier molecular flexibility index (Phi) is 5.54. The van der Waals surface area contributed by atoms with E-state index in [9.17, 15) is 13.2 Å². The van der Waals surface area contributed by atoms with Gasteiger partial charge < -0.3 is 10.5 Å². The van der Waals surface area contributed by atoms with Gasteiger partial charge in [0.05, 0.1) is 27.3 Å². The Bertz CT molecular complexity index is 1280. The Morgan fingerprint density at radius 3 is 2.61 bits per heavy atom. The molecule has 1 atom stereocenters. The summed E-state index contributed by atoms with van der Waals surface area (Å²) >= 11 is 11.8. The lowest BCUT2D eigenvalue weighted by Crippen LogP contribution is -2.09. The second-order valence-corrected chi connectivity index (χ2v) is 7.08. The van der Waals surface area contributed by atoms with E-state index in [0.717, 1.165) is 6.33 Å². The van der Waals surface area contributed by atoms with Crippen LogP contribution < -0.4 is 10.5 Å². The van der Waals surface area contributed by atoms with E-state index in [-0.39, 0.29) is 49.6 Å². The number of pyridine rings is 1. The maximum Gasteiger partial charge on any atom is 0.334 e. The van der Waals surface area contributed by atoms with Crippen LogP contribution in [0.2, 0.25) is 10.0 Å². The summed E-state index contributed by atoms with van der Waals surface area (Å²) < 4.78 is 46.4. The van der Waals surface area contributed by atoms with Crippen LogP contribution in [0.15, 0.2) is 31.0 Å². The summed E-state index contributed by atoms with van der Waals surface area (Å²) in [5.41, 5.74) is 6.40. The summed E-state index contributed by atoms with van der Waals surface area (Å²) in [6.45, 7) is -1.27. The van der Waals surface area contributed by atoms with Crippen LogP contribution in [0.5, 0.6) is 5.75 Å². The van der Waals surface area contributed by atoms with Gasteiger partial charge in [-0.2, -0.15) is 13.5 Å². The number of benzene rings is 1. The lowest BCUT2D eigenvalue weighted by molar-refractivity contribution is 0.0550. The van der Waals surface area contributed by atoms with Gasteiger partial charge in [0.1, 0.15) is 24.0 Å². The predicted octanol–water partition coefficient (Wildman–Crippen LogP) is 4.85. The molecule has 0 bridgehead atoms. The van der Waals surface area contributed by atoms with Crippen molar-refractivity contribution >= 4 is 39.9 Å². The number of anilines is 1. The molecule has 0 saturated heterocycles. The number of fused-ring (bicyclic) bond motifs is 1. The fourth-order valence-corrected chi connectivity index (χ4v) is 3.19. The number of hydrogen-bond acceptors (Lipinski definition) is 7. The lowest BCUT2D eigenvalue weighted by atomic mass is 10.1. The van der Waals surface area contributed by atoms with Crippen molar-refractivity contribution in [3.63, 3.8) is 0 Å². The number of aromatic nitrogens is 6. The zero-order chi connectivity index (χ0) is 22.3. The summed E-state index contributed by atoms with van der Waals surface area (Å²) in [6.07, 6.45) is 2.54. The van der Waals surface area contributed by atoms with Crippen molar-refractivity contribution in [1.29, 1.82) is 0 Å². The normalized spacial score (nSPS) is 12.5. The molecule has 8 nitrogen and oxygen atoms in total. The number of rotatable bonds is 5. The number of nitrogen functional groups attached to an aromatic ring is 1. The minimum Gasteiger partial charge on any atom is -0.480 e. The largest absolute Gasteiger partial charge is 0.480 e. The average molecular weight is 470 g/mol. The molecule has 13 heteroatoms. The fraction of sp³-hybridized carbons (Fsp3) is 0.167. The van der Waals surface area contributed by atoms with Crippen LogP contribution in [-0.4, -0.2) is 29.7 Å². The molecule has 0 saturated carbocycles. The van der Waals surface area contributed by atoms with Gasteiger partial charge in [-0.05, 0) is 19.1 Å². The van der Waals surface area contributed by atoms with Gasteiger partial charge in [-0.1, -0.05) is 23.2 Å². The van der Waals surface area contributed by atoms with Gasteiger partial charge in [0.25, 0.3) is 0 Å². The van der Waals surface area contributed by atoms with Crippen molar-refractivity contribution in [3.8, 4) is 17.0 Å². The van der Waals surface area contributed by atoms with Crippen LogP contribution in [0.25, 0.3) is 22.2 Å². The van der Waals surface area contributed by atoms with Crippen molar-refractivity contribution in [2.75, 3.05) is 5.73 Å². The molecule has 3 heterocycles. The Balaban J connectivity index is 1.80. The van der Waals surface area contributed by atoms with Crippen molar-refractivity contribution in [2.24, 2.45) is 0 Å². The van der Waals surface area contributed by atoms with Crippen LogP contribution >= 0.6 is 23.2 Å². The highest BCUT2D eigenvalue weighted by atomic mass is 35.5. The Hall–Kier alpha value is -3.18. The minimum atomic E-state index is -2.83. The van der Waals surface area contributed by atoms with E-state index in [0.29, 0.717) is 4.68 Å². The first-order chi connectivity index (χ1) is 14.8. The maximum absolute atomic E-state index is 14.7. The van der Waals surface area contributed by atoms with E-state index >= 15 is 0 Å². The van der Waals surface area contributed by atoms with Crippen LogP contribution in [0.1, 0.15) is 25.4 Å². The first-order valence-corrected chi connectivity index (χ1v) is 9.42. The third kappa shape index (κ3) is 3.81. The number of ether oxygens (including phenoxy) is 1. The fourth-order valence-electron chi connectivity index (χ4n) is 2.88.